The zero-order chi connectivity index (χ0) is 25.2. The second kappa shape index (κ2) is 10.2. The van der Waals surface area contributed by atoms with Gasteiger partial charge in [-0.1, -0.05) is 56.3 Å². The molecule has 1 heterocycles. The van der Waals surface area contributed by atoms with Crippen molar-refractivity contribution in [3.05, 3.63) is 70.9 Å². The molecule has 1 fully saturated rings. The molecule has 0 spiro atoms. The molecule has 1 aromatic carbocycles. The van der Waals surface area contributed by atoms with Gasteiger partial charge in [-0.25, -0.2) is 13.6 Å². The van der Waals surface area contributed by atoms with Crippen molar-refractivity contribution in [3.8, 4) is 0 Å². The van der Waals surface area contributed by atoms with Crippen LogP contribution in [0.4, 0.5) is 8.78 Å². The fraction of sp³-hybridized carbons (Fsp3) is 0.481. The van der Waals surface area contributed by atoms with Gasteiger partial charge in [0.2, 0.25) is 5.92 Å². The molecule has 1 aromatic rings. The van der Waals surface area contributed by atoms with E-state index in [9.17, 15) is 23.5 Å². The van der Waals surface area contributed by atoms with Crippen LogP contribution in [0.3, 0.4) is 0 Å². The number of rotatable bonds is 8. The van der Waals surface area contributed by atoms with Gasteiger partial charge in [0.1, 0.15) is 11.8 Å². The van der Waals surface area contributed by atoms with Crippen molar-refractivity contribution in [2.24, 2.45) is 11.8 Å². The highest BCUT2D eigenvalue weighted by Gasteiger charge is 2.41. The van der Waals surface area contributed by atoms with Gasteiger partial charge in [-0.3, -0.25) is 4.79 Å². The number of benzene rings is 1. The summed E-state index contributed by atoms with van der Waals surface area (Å²) in [5.74, 6) is -3.94. The molecule has 8 heteroatoms. The summed E-state index contributed by atoms with van der Waals surface area (Å²) in [6, 6.07) is 8.03. The minimum absolute atomic E-state index is 0.00221. The molecule has 1 saturated carbocycles. The first-order valence-corrected chi connectivity index (χ1v) is 12.9. The lowest BCUT2D eigenvalue weighted by Gasteiger charge is -2.34. The minimum atomic E-state index is -2.61. The summed E-state index contributed by atoms with van der Waals surface area (Å²) < 4.78 is 33.3. The van der Waals surface area contributed by atoms with Gasteiger partial charge in [-0.2, -0.15) is 0 Å². The van der Waals surface area contributed by atoms with Gasteiger partial charge in [-0.05, 0) is 35.8 Å². The third-order valence-corrected chi connectivity index (χ3v) is 8.29. The van der Waals surface area contributed by atoms with E-state index in [1.165, 1.54) is 0 Å². The van der Waals surface area contributed by atoms with Gasteiger partial charge >= 0.3 is 5.97 Å². The Hall–Kier alpha value is -2.61. The molecule has 188 valence electrons. The maximum atomic E-state index is 13.6. The van der Waals surface area contributed by atoms with E-state index < -0.39 is 29.3 Å². The Labute approximate surface area is 208 Å². The fourth-order valence-corrected chi connectivity index (χ4v) is 5.89. The zero-order valence-electron chi connectivity index (χ0n) is 19.9. The molecule has 0 radical (unpaired) electrons. The summed E-state index contributed by atoms with van der Waals surface area (Å²) in [4.78, 5) is 25.7. The molecule has 3 aliphatic rings. The highest BCUT2D eigenvalue weighted by atomic mass is 32.2. The Bertz CT molecular complexity index is 1040. The molecule has 3 atom stereocenters. The lowest BCUT2D eigenvalue weighted by molar-refractivity contribution is -0.143. The van der Waals surface area contributed by atoms with E-state index in [1.54, 1.807) is 31.7 Å². The van der Waals surface area contributed by atoms with Crippen LogP contribution in [0.5, 0.6) is 0 Å². The molecule has 5 nitrogen and oxygen atoms in total. The summed E-state index contributed by atoms with van der Waals surface area (Å²) in [7, 11) is 0. The van der Waals surface area contributed by atoms with Crippen molar-refractivity contribution in [1.82, 2.24) is 5.32 Å². The molecule has 1 aliphatic heterocycles. The summed E-state index contributed by atoms with van der Waals surface area (Å²) in [5, 5.41) is 14.8. The molecular weight excluding hydrogens is 472 g/mol. The second-order valence-corrected chi connectivity index (χ2v) is 11.1. The number of carbonyl (C=O) groups excluding carboxylic acids is 1. The van der Waals surface area contributed by atoms with Gasteiger partial charge in [0.25, 0.3) is 5.91 Å². The Morgan fingerprint density at radius 3 is 2.54 bits per heavy atom. The topological polar surface area (TPSA) is 75.6 Å². The number of aliphatic carboxylic acids is 1. The van der Waals surface area contributed by atoms with E-state index in [0.717, 1.165) is 5.56 Å². The Morgan fingerprint density at radius 2 is 1.89 bits per heavy atom. The van der Waals surface area contributed by atoms with Crippen molar-refractivity contribution in [2.45, 2.75) is 62.2 Å². The first-order valence-electron chi connectivity index (χ1n) is 11.9. The van der Waals surface area contributed by atoms with Crippen LogP contribution in [-0.4, -0.2) is 40.8 Å². The van der Waals surface area contributed by atoms with Crippen LogP contribution in [0.25, 0.3) is 0 Å². The van der Waals surface area contributed by atoms with Crippen LogP contribution >= 0.6 is 11.8 Å². The number of carbonyl (C=O) groups is 2. The van der Waals surface area contributed by atoms with Crippen LogP contribution < -0.4 is 5.32 Å². The number of carboxylic acid groups (broad SMARTS) is 1. The molecule has 35 heavy (non-hydrogen) atoms. The van der Waals surface area contributed by atoms with Gasteiger partial charge in [0.05, 0.1) is 18.1 Å². The molecule has 3 unspecified atom stereocenters. The second-order valence-electron chi connectivity index (χ2n) is 10.0. The van der Waals surface area contributed by atoms with E-state index in [0.29, 0.717) is 18.6 Å². The van der Waals surface area contributed by atoms with Crippen LogP contribution in [0.1, 0.15) is 45.1 Å². The number of nitrogens with one attached hydrogen (secondary N) is 1. The smallest absolute Gasteiger partial charge is 0.327 e. The lowest BCUT2D eigenvalue weighted by atomic mass is 9.77. The molecular formula is C27H31F2NO4S. The Kier molecular flexibility index (Phi) is 7.40. The van der Waals surface area contributed by atoms with Crippen molar-refractivity contribution >= 4 is 23.6 Å². The third kappa shape index (κ3) is 5.63. The molecule has 0 saturated heterocycles. The van der Waals surface area contributed by atoms with Gasteiger partial charge in [0, 0.05) is 23.5 Å². The van der Waals surface area contributed by atoms with Crippen LogP contribution in [-0.2, 0) is 19.7 Å². The highest BCUT2D eigenvalue weighted by molar-refractivity contribution is 8.03. The number of thioether (sulfide) groups is 1. The molecule has 2 aliphatic carbocycles. The van der Waals surface area contributed by atoms with Gasteiger partial charge in [0.15, 0.2) is 0 Å². The van der Waals surface area contributed by atoms with E-state index in [4.69, 9.17) is 4.74 Å². The first kappa shape index (κ1) is 25.5. The van der Waals surface area contributed by atoms with Crippen LogP contribution in [0.15, 0.2) is 65.3 Å². The summed E-state index contributed by atoms with van der Waals surface area (Å²) in [6.07, 6.45) is 6.05. The van der Waals surface area contributed by atoms with E-state index in [2.05, 4.69) is 5.32 Å². The highest BCUT2D eigenvalue weighted by Crippen LogP contribution is 2.42. The van der Waals surface area contributed by atoms with Gasteiger partial charge in [-0.15, -0.1) is 11.8 Å². The number of hydrogen-bond acceptors (Lipinski definition) is 4. The van der Waals surface area contributed by atoms with Crippen molar-refractivity contribution < 1.29 is 28.2 Å². The Morgan fingerprint density at radius 1 is 1.20 bits per heavy atom. The standard InChI is InChI=1S/C27H31F2NO4S/c1-26(2,18-6-4-3-5-7-18)23(25(32)33)30-24(31)20-8-9-21-19(12-15-35-21)22(20)34-16-17-10-13-27(28,29)14-11-17/h3-9,12,15,17,19,21,23H,10-11,13-14,16H2,1-2H3,(H,30,31)(H,32,33). The van der Waals surface area contributed by atoms with Gasteiger partial charge < -0.3 is 15.2 Å². The zero-order valence-corrected chi connectivity index (χ0v) is 20.7. The third-order valence-electron chi connectivity index (χ3n) is 7.21. The minimum Gasteiger partial charge on any atom is -0.496 e. The number of ether oxygens (including phenoxy) is 1. The molecule has 0 aromatic heterocycles. The maximum Gasteiger partial charge on any atom is 0.327 e. The Balaban J connectivity index is 1.55. The SMILES string of the molecule is CC(C)(c1ccccc1)C(NC(=O)C1=C(OCC2CCC(F)(F)CC2)C2C=CSC2C=C1)C(=O)O. The number of halogens is 2. The largest absolute Gasteiger partial charge is 0.496 e. The lowest BCUT2D eigenvalue weighted by Crippen LogP contribution is -2.53. The van der Waals surface area contributed by atoms with Crippen molar-refractivity contribution in [1.29, 1.82) is 0 Å². The number of allylic oxidation sites excluding steroid dienone is 1. The molecule has 1 amide bonds. The van der Waals surface area contributed by atoms with Crippen molar-refractivity contribution in [2.75, 3.05) is 6.61 Å². The average Bonchev–Trinajstić information content (AvgIpc) is 3.31. The molecule has 4 rings (SSSR count). The maximum absolute atomic E-state index is 13.6. The number of alkyl halides is 2. The molecule has 0 bridgehead atoms. The average molecular weight is 504 g/mol. The fourth-order valence-electron chi connectivity index (χ4n) is 4.90. The monoisotopic (exact) mass is 503 g/mol. The number of hydrogen-bond donors (Lipinski definition) is 2. The van der Waals surface area contributed by atoms with Crippen LogP contribution in [0.2, 0.25) is 0 Å². The summed E-state index contributed by atoms with van der Waals surface area (Å²) in [6.45, 7) is 3.83. The quantitative estimate of drug-likeness (QED) is 0.494. The molecule has 2 N–H and O–H groups in total. The predicted molar refractivity (Wildman–Crippen MR) is 132 cm³/mol. The first-order chi connectivity index (χ1) is 16.6. The normalized spacial score (nSPS) is 24.7. The van der Waals surface area contributed by atoms with E-state index in [-0.39, 0.29) is 42.1 Å². The van der Waals surface area contributed by atoms with E-state index >= 15 is 0 Å². The van der Waals surface area contributed by atoms with Crippen LogP contribution in [0, 0.1) is 11.8 Å². The predicted octanol–water partition coefficient (Wildman–Crippen LogP) is 5.44. The summed E-state index contributed by atoms with van der Waals surface area (Å²) >= 11 is 1.62. The van der Waals surface area contributed by atoms with E-state index in [1.807, 2.05) is 47.9 Å². The summed E-state index contributed by atoms with van der Waals surface area (Å²) in [5.41, 5.74) is 0.207. The van der Waals surface area contributed by atoms with Crippen molar-refractivity contribution in [3.63, 3.8) is 0 Å². The number of amides is 1. The number of carboxylic acids is 1. The number of fused-ring (bicyclic) bond motifs is 1.